The fourth-order valence-electron chi connectivity index (χ4n) is 5.28. The molecule has 1 saturated carbocycles. The van der Waals surface area contributed by atoms with E-state index in [0.717, 1.165) is 40.9 Å². The Labute approximate surface area is 207 Å². The van der Waals surface area contributed by atoms with Crippen LogP contribution in [0.2, 0.25) is 0 Å². The summed E-state index contributed by atoms with van der Waals surface area (Å²) in [6, 6.07) is 10.9. The molecule has 0 radical (unpaired) electrons. The number of hydrogen-bond acceptors (Lipinski definition) is 4. The van der Waals surface area contributed by atoms with Gasteiger partial charge < -0.3 is 10.2 Å². The number of fused-ring (bicyclic) bond motifs is 1. The van der Waals surface area contributed by atoms with Crippen molar-refractivity contribution in [2.45, 2.75) is 63.8 Å². The highest BCUT2D eigenvalue weighted by Crippen LogP contribution is 2.40. The number of carbonyl (C=O) groups excluding carboxylic acids is 2. The van der Waals surface area contributed by atoms with Crippen molar-refractivity contribution in [2.24, 2.45) is 11.8 Å². The first kappa shape index (κ1) is 24.0. The molecule has 1 N–H and O–H groups in total. The minimum absolute atomic E-state index is 0.0317. The number of aryl methyl sites for hydroxylation is 1. The zero-order chi connectivity index (χ0) is 24.9. The molecule has 2 fully saturated rings. The van der Waals surface area contributed by atoms with E-state index in [9.17, 15) is 18.0 Å². The highest BCUT2D eigenvalue weighted by atomic mass is 32.2. The van der Waals surface area contributed by atoms with Crippen molar-refractivity contribution in [3.05, 3.63) is 53.1 Å². The molecule has 8 heteroatoms. The number of benzene rings is 2. The molecule has 0 unspecified atom stereocenters. The van der Waals surface area contributed by atoms with E-state index in [1.165, 1.54) is 4.31 Å². The smallest absolute Gasteiger partial charge is 0.243 e. The molecular weight excluding hydrogens is 462 g/mol. The van der Waals surface area contributed by atoms with E-state index in [0.29, 0.717) is 25.8 Å². The second-order valence-electron chi connectivity index (χ2n) is 10.3. The van der Waals surface area contributed by atoms with Crippen molar-refractivity contribution in [1.82, 2.24) is 4.31 Å². The monoisotopic (exact) mass is 495 g/mol. The average Bonchev–Trinajstić information content (AvgIpc) is 3.63. The van der Waals surface area contributed by atoms with Gasteiger partial charge in [0, 0.05) is 36.4 Å². The van der Waals surface area contributed by atoms with Crippen LogP contribution in [0, 0.1) is 25.7 Å². The summed E-state index contributed by atoms with van der Waals surface area (Å²) in [6.07, 6.45) is 3.82. The van der Waals surface area contributed by atoms with Gasteiger partial charge in [-0.15, -0.1) is 0 Å². The Kier molecular flexibility index (Phi) is 6.21. The molecule has 2 atom stereocenters. The molecule has 35 heavy (non-hydrogen) atoms. The Morgan fingerprint density at radius 1 is 1.03 bits per heavy atom. The zero-order valence-electron chi connectivity index (χ0n) is 20.6. The molecule has 5 rings (SSSR count). The van der Waals surface area contributed by atoms with Crippen molar-refractivity contribution >= 4 is 33.2 Å². The summed E-state index contributed by atoms with van der Waals surface area (Å²) in [4.78, 5) is 27.8. The Morgan fingerprint density at radius 2 is 1.80 bits per heavy atom. The molecule has 2 amide bonds. The molecule has 2 aromatic carbocycles. The Balaban J connectivity index is 1.32. The summed E-state index contributed by atoms with van der Waals surface area (Å²) in [6.45, 7) is 6.54. The first-order valence-electron chi connectivity index (χ1n) is 12.5. The van der Waals surface area contributed by atoms with Gasteiger partial charge in [-0.05, 0) is 93.8 Å². The lowest BCUT2D eigenvalue weighted by Gasteiger charge is -2.31. The van der Waals surface area contributed by atoms with Crippen LogP contribution in [-0.4, -0.2) is 43.7 Å². The van der Waals surface area contributed by atoms with Gasteiger partial charge in [-0.3, -0.25) is 9.59 Å². The van der Waals surface area contributed by atoms with Gasteiger partial charge in [-0.25, -0.2) is 8.42 Å². The maximum atomic E-state index is 13.5. The lowest BCUT2D eigenvalue weighted by atomic mass is 9.98. The molecule has 0 spiro atoms. The first-order chi connectivity index (χ1) is 16.7. The number of amides is 2. The third-order valence-corrected chi connectivity index (χ3v) is 9.55. The summed E-state index contributed by atoms with van der Waals surface area (Å²) in [7, 11) is -3.75. The molecule has 0 aromatic heterocycles. The van der Waals surface area contributed by atoms with E-state index in [2.05, 4.69) is 5.32 Å². The van der Waals surface area contributed by atoms with Crippen LogP contribution in [0.3, 0.4) is 0 Å². The highest BCUT2D eigenvalue weighted by molar-refractivity contribution is 7.89. The zero-order valence-corrected chi connectivity index (χ0v) is 21.4. The van der Waals surface area contributed by atoms with Crippen LogP contribution in [0.4, 0.5) is 11.4 Å². The van der Waals surface area contributed by atoms with E-state index in [1.807, 2.05) is 43.9 Å². The Hall–Kier alpha value is -2.71. The van der Waals surface area contributed by atoms with Crippen molar-refractivity contribution in [1.29, 1.82) is 0 Å². The molecule has 186 valence electrons. The van der Waals surface area contributed by atoms with Gasteiger partial charge >= 0.3 is 0 Å². The number of carbonyl (C=O) groups is 2. The minimum Gasteiger partial charge on any atom is -0.326 e. The van der Waals surface area contributed by atoms with Crippen LogP contribution < -0.4 is 10.2 Å². The van der Waals surface area contributed by atoms with E-state index < -0.39 is 15.9 Å². The van der Waals surface area contributed by atoms with Gasteiger partial charge in [0.05, 0.1) is 10.8 Å². The van der Waals surface area contributed by atoms with Gasteiger partial charge in [-0.2, -0.15) is 4.31 Å². The molecule has 2 heterocycles. The van der Waals surface area contributed by atoms with Crippen LogP contribution >= 0.6 is 0 Å². The van der Waals surface area contributed by atoms with Gasteiger partial charge in [0.1, 0.15) is 0 Å². The van der Waals surface area contributed by atoms with Crippen molar-refractivity contribution in [3.8, 4) is 0 Å². The number of nitrogens with zero attached hydrogens (tertiary/aromatic N) is 2. The number of nitrogens with one attached hydrogen (secondary N) is 1. The lowest BCUT2D eigenvalue weighted by molar-refractivity contribution is -0.121. The summed E-state index contributed by atoms with van der Waals surface area (Å²) < 4.78 is 28.5. The standard InChI is InChI=1S/C27H33N3O4S/c1-17-6-4-8-24(19(17)3)28-26(31)21-7-5-13-29(16-21)35(33,34)23-11-12-25-22(15-23)14-18(2)30(25)27(32)20-9-10-20/h4,6,8,11-12,15,18,20-21H,5,7,9-10,13-14,16H2,1-3H3,(H,28,31)/t18-,21+/m0/s1. The lowest BCUT2D eigenvalue weighted by Crippen LogP contribution is -2.43. The number of anilines is 2. The fraction of sp³-hybridized carbons (Fsp3) is 0.481. The van der Waals surface area contributed by atoms with Gasteiger partial charge in [0.15, 0.2) is 0 Å². The van der Waals surface area contributed by atoms with Gasteiger partial charge in [0.25, 0.3) is 0 Å². The molecule has 1 saturated heterocycles. The molecule has 2 aromatic rings. The Morgan fingerprint density at radius 3 is 2.54 bits per heavy atom. The van der Waals surface area contributed by atoms with Crippen LogP contribution in [0.15, 0.2) is 41.3 Å². The summed E-state index contributed by atoms with van der Waals surface area (Å²) in [5.74, 6) is -0.275. The molecule has 1 aliphatic carbocycles. The molecular formula is C27H33N3O4S. The number of hydrogen-bond donors (Lipinski definition) is 1. The van der Waals surface area contributed by atoms with E-state index in [4.69, 9.17) is 0 Å². The predicted molar refractivity (Wildman–Crippen MR) is 136 cm³/mol. The quantitative estimate of drug-likeness (QED) is 0.679. The first-order valence-corrected chi connectivity index (χ1v) is 13.9. The number of rotatable bonds is 5. The molecule has 0 bridgehead atoms. The number of piperidine rings is 1. The molecule has 7 nitrogen and oxygen atoms in total. The summed E-state index contributed by atoms with van der Waals surface area (Å²) >= 11 is 0. The fourth-order valence-corrected chi connectivity index (χ4v) is 6.85. The highest BCUT2D eigenvalue weighted by Gasteiger charge is 2.40. The van der Waals surface area contributed by atoms with Crippen LogP contribution in [-0.2, 0) is 26.0 Å². The van der Waals surface area contributed by atoms with Crippen LogP contribution in [0.5, 0.6) is 0 Å². The maximum Gasteiger partial charge on any atom is 0.243 e. The van der Waals surface area contributed by atoms with Gasteiger partial charge in [0.2, 0.25) is 21.8 Å². The third-order valence-electron chi connectivity index (χ3n) is 7.69. The predicted octanol–water partition coefficient (Wildman–Crippen LogP) is 4.03. The average molecular weight is 496 g/mol. The van der Waals surface area contributed by atoms with E-state index in [1.54, 1.807) is 18.2 Å². The normalized spacial score (nSPS) is 22.7. The van der Waals surface area contributed by atoms with Crippen LogP contribution in [0.1, 0.15) is 49.3 Å². The second-order valence-corrected chi connectivity index (χ2v) is 12.2. The maximum absolute atomic E-state index is 13.5. The van der Waals surface area contributed by atoms with E-state index >= 15 is 0 Å². The molecule has 2 aliphatic heterocycles. The minimum atomic E-state index is -3.75. The Bertz CT molecular complexity index is 1290. The van der Waals surface area contributed by atoms with Crippen molar-refractivity contribution in [2.75, 3.05) is 23.3 Å². The SMILES string of the molecule is Cc1cccc(NC(=O)[C@@H]2CCCN(S(=O)(=O)c3ccc4c(c3)C[C@H](C)N4C(=O)C3CC3)C2)c1C. The number of sulfonamides is 1. The summed E-state index contributed by atoms with van der Waals surface area (Å²) in [5, 5.41) is 3.00. The van der Waals surface area contributed by atoms with Crippen LogP contribution in [0.25, 0.3) is 0 Å². The second kappa shape index (κ2) is 9.06. The largest absolute Gasteiger partial charge is 0.326 e. The summed E-state index contributed by atoms with van der Waals surface area (Å²) in [5.41, 5.74) is 4.61. The van der Waals surface area contributed by atoms with Crippen molar-refractivity contribution in [3.63, 3.8) is 0 Å². The van der Waals surface area contributed by atoms with Gasteiger partial charge in [-0.1, -0.05) is 12.1 Å². The third kappa shape index (κ3) is 4.49. The molecule has 3 aliphatic rings. The van der Waals surface area contributed by atoms with Crippen molar-refractivity contribution < 1.29 is 18.0 Å². The van der Waals surface area contributed by atoms with E-state index in [-0.39, 0.29) is 35.2 Å². The topological polar surface area (TPSA) is 86.8 Å².